The number of aliphatic hydroxyl groups is 1. The molecule has 14 N–H and O–H groups in total. The predicted octanol–water partition coefficient (Wildman–Crippen LogP) is -7.26. The molecule has 0 heterocycles. The average Bonchev–Trinajstić information content (AvgIpc) is 2.34. The molecule has 0 aliphatic carbocycles. The molecule has 20 heteroatoms. The molecule has 0 amide bonds. The fourth-order valence-electron chi connectivity index (χ4n) is 1.77. The molecule has 0 radical (unpaired) electrons. The van der Waals surface area contributed by atoms with Gasteiger partial charge in [-0.3, -0.25) is 19.2 Å². The first kappa shape index (κ1) is 53.1. The summed E-state index contributed by atoms with van der Waals surface area (Å²) in [5, 5.41) is 53.5. The fourth-order valence-corrected chi connectivity index (χ4v) is 1.77. The second-order valence-electron chi connectivity index (χ2n) is 5.00. The number of hydrogen-bond donors (Lipinski definition) is 6. The third-order valence-corrected chi connectivity index (χ3v) is 2.85. The summed E-state index contributed by atoms with van der Waals surface area (Å²) in [6, 6.07) is 0. The molecule has 0 aromatic carbocycles. The van der Waals surface area contributed by atoms with Crippen LogP contribution in [0, 0.1) is 0 Å². The molecular formula is C12H25Na3O17. The van der Waals surface area contributed by atoms with Crippen molar-refractivity contribution >= 4 is 124 Å². The van der Waals surface area contributed by atoms with E-state index in [4.69, 9.17) is 25.5 Å². The SMILES string of the molecule is O.O.O.O.O=C(O)CC(O)(CC(=O)OC(CC(=O)O)(CC(=O)O)C(=O)O)C(=O)O.[NaH].[NaH].[NaH]. The van der Waals surface area contributed by atoms with E-state index in [1.807, 2.05) is 0 Å². The Hall–Kier alpha value is -0.380. The van der Waals surface area contributed by atoms with Crippen LogP contribution in [0.5, 0.6) is 0 Å². The maximum absolute atomic E-state index is 11.7. The predicted molar refractivity (Wildman–Crippen MR) is 106 cm³/mol. The number of ether oxygens (including phenoxy) is 1. The summed E-state index contributed by atoms with van der Waals surface area (Å²) in [5.74, 6) is -11.6. The van der Waals surface area contributed by atoms with Gasteiger partial charge in [-0.25, -0.2) is 9.59 Å². The van der Waals surface area contributed by atoms with Crippen molar-refractivity contribution in [3.63, 3.8) is 0 Å². The molecule has 0 spiro atoms. The number of carbonyl (C=O) groups is 6. The van der Waals surface area contributed by atoms with Crippen LogP contribution in [0.15, 0.2) is 0 Å². The molecule has 0 aromatic rings. The van der Waals surface area contributed by atoms with Gasteiger partial charge in [0.1, 0.15) is 0 Å². The van der Waals surface area contributed by atoms with E-state index in [1.165, 1.54) is 0 Å². The molecule has 0 aliphatic rings. The molecule has 0 saturated carbocycles. The molecule has 0 bridgehead atoms. The van der Waals surface area contributed by atoms with Crippen LogP contribution >= 0.6 is 0 Å². The molecule has 0 saturated heterocycles. The number of aliphatic carboxylic acids is 5. The first-order valence-corrected chi connectivity index (χ1v) is 6.30. The summed E-state index contributed by atoms with van der Waals surface area (Å²) >= 11 is 0. The Balaban J connectivity index is -0.000000137. The fraction of sp³-hybridized carbons (Fsp3) is 0.500. The molecule has 1 atom stereocenters. The van der Waals surface area contributed by atoms with Crippen molar-refractivity contribution in [1.82, 2.24) is 0 Å². The van der Waals surface area contributed by atoms with Gasteiger partial charge in [-0.15, -0.1) is 0 Å². The second kappa shape index (κ2) is 22.4. The van der Waals surface area contributed by atoms with Crippen molar-refractivity contribution in [1.29, 1.82) is 0 Å². The Morgan fingerprint density at radius 1 is 0.562 bits per heavy atom. The van der Waals surface area contributed by atoms with Gasteiger partial charge in [0.25, 0.3) is 0 Å². The van der Waals surface area contributed by atoms with Gasteiger partial charge in [0, 0.05) is 0 Å². The van der Waals surface area contributed by atoms with E-state index in [1.54, 1.807) is 0 Å². The summed E-state index contributed by atoms with van der Waals surface area (Å²) in [5.41, 5.74) is -6.24. The number of carboxylic acid groups (broad SMARTS) is 5. The average molecular weight is 510 g/mol. The Kier molecular flexibility index (Phi) is 37.2. The zero-order valence-corrected chi connectivity index (χ0v) is 14.4. The topological polar surface area (TPSA) is 359 Å². The zero-order valence-electron chi connectivity index (χ0n) is 14.4. The van der Waals surface area contributed by atoms with Crippen molar-refractivity contribution in [2.75, 3.05) is 0 Å². The molecule has 178 valence electrons. The maximum atomic E-state index is 11.7. The van der Waals surface area contributed by atoms with Gasteiger partial charge in [-0.2, -0.15) is 0 Å². The van der Waals surface area contributed by atoms with Crippen LogP contribution in [0.2, 0.25) is 0 Å². The molecule has 0 rings (SSSR count). The Morgan fingerprint density at radius 2 is 0.875 bits per heavy atom. The second-order valence-corrected chi connectivity index (χ2v) is 5.00. The van der Waals surface area contributed by atoms with Crippen molar-refractivity contribution < 1.29 is 86.0 Å². The van der Waals surface area contributed by atoms with Crippen LogP contribution in [-0.2, 0) is 33.5 Å². The van der Waals surface area contributed by atoms with Crippen molar-refractivity contribution in [2.24, 2.45) is 0 Å². The normalized spacial score (nSPS) is 10.4. The molecule has 0 aliphatic heterocycles. The number of rotatable bonds is 11. The van der Waals surface area contributed by atoms with E-state index in [0.29, 0.717) is 0 Å². The Labute approximate surface area is 245 Å². The van der Waals surface area contributed by atoms with Gasteiger partial charge in [0.15, 0.2) is 5.60 Å². The quantitative estimate of drug-likeness (QED) is 0.111. The van der Waals surface area contributed by atoms with E-state index in [-0.39, 0.29) is 111 Å². The first-order valence-electron chi connectivity index (χ1n) is 6.30. The molecular weight excluding hydrogens is 485 g/mol. The Bertz CT molecular complexity index is 608. The third-order valence-electron chi connectivity index (χ3n) is 2.85. The van der Waals surface area contributed by atoms with Gasteiger partial charge in [0.2, 0.25) is 5.60 Å². The van der Waals surface area contributed by atoms with E-state index >= 15 is 0 Å². The summed E-state index contributed by atoms with van der Waals surface area (Å²) in [7, 11) is 0. The standard InChI is InChI=1S/C12H14O13.3Na.4H2O.3H/c13-5(14)1-11(24,9(20)21)4-8(19)25-12(10(22)23,2-6(15)16)3-7(17)18;;;;;;;;;;/h24H,1-4H2,(H,13,14)(H,15,16)(H,17,18)(H,20,21)(H,22,23);;;;4*1H2;;;. The summed E-state index contributed by atoms with van der Waals surface area (Å²) in [6.45, 7) is 0. The third kappa shape index (κ3) is 18.1. The van der Waals surface area contributed by atoms with Crippen LogP contribution in [0.3, 0.4) is 0 Å². The van der Waals surface area contributed by atoms with E-state index in [2.05, 4.69) is 4.74 Å². The van der Waals surface area contributed by atoms with Gasteiger partial charge < -0.3 is 57.3 Å². The molecule has 32 heavy (non-hydrogen) atoms. The Morgan fingerprint density at radius 3 is 1.09 bits per heavy atom. The molecule has 1 unspecified atom stereocenters. The number of carbonyl (C=O) groups excluding carboxylic acids is 1. The van der Waals surface area contributed by atoms with Crippen LogP contribution in [0.4, 0.5) is 0 Å². The first-order chi connectivity index (χ1) is 11.2. The summed E-state index contributed by atoms with van der Waals surface area (Å²) in [6.07, 6.45) is -5.94. The van der Waals surface area contributed by atoms with Crippen molar-refractivity contribution in [3.8, 4) is 0 Å². The van der Waals surface area contributed by atoms with Crippen molar-refractivity contribution in [2.45, 2.75) is 36.9 Å². The van der Waals surface area contributed by atoms with Gasteiger partial charge in [-0.1, -0.05) is 0 Å². The van der Waals surface area contributed by atoms with Crippen molar-refractivity contribution in [3.05, 3.63) is 0 Å². The van der Waals surface area contributed by atoms with E-state index < -0.39 is 72.7 Å². The van der Waals surface area contributed by atoms with Crippen LogP contribution in [0.1, 0.15) is 25.7 Å². The van der Waals surface area contributed by atoms with Crippen LogP contribution in [-0.4, -0.2) is 188 Å². The molecule has 0 fully saturated rings. The van der Waals surface area contributed by atoms with E-state index in [0.717, 1.165) is 0 Å². The zero-order chi connectivity index (χ0) is 20.0. The van der Waals surface area contributed by atoms with E-state index in [9.17, 15) is 33.9 Å². The minimum atomic E-state index is -3.17. The minimum absolute atomic E-state index is 0. The van der Waals surface area contributed by atoms with Crippen LogP contribution in [0.25, 0.3) is 0 Å². The number of hydrogen-bond acceptors (Lipinski definition) is 8. The monoisotopic (exact) mass is 510 g/mol. The van der Waals surface area contributed by atoms with Gasteiger partial charge in [0.05, 0.1) is 25.7 Å². The van der Waals surface area contributed by atoms with Gasteiger partial charge >= 0.3 is 124 Å². The number of carboxylic acids is 5. The van der Waals surface area contributed by atoms with Gasteiger partial charge in [-0.05, 0) is 0 Å². The molecule has 0 aromatic heterocycles. The van der Waals surface area contributed by atoms with Crippen LogP contribution < -0.4 is 0 Å². The summed E-state index contributed by atoms with van der Waals surface area (Å²) < 4.78 is 4.33. The summed E-state index contributed by atoms with van der Waals surface area (Å²) in [4.78, 5) is 66.0. The number of esters is 1. The molecule has 17 nitrogen and oxygen atoms in total.